The highest BCUT2D eigenvalue weighted by Crippen LogP contribution is 2.33. The second-order valence-corrected chi connectivity index (χ2v) is 6.36. The second kappa shape index (κ2) is 5.93. The van der Waals surface area contributed by atoms with Crippen LogP contribution >= 0.6 is 11.6 Å². The predicted molar refractivity (Wildman–Crippen MR) is 83.1 cm³/mol. The Morgan fingerprint density at radius 2 is 1.95 bits per heavy atom. The van der Waals surface area contributed by atoms with E-state index in [0.29, 0.717) is 10.8 Å². The van der Waals surface area contributed by atoms with E-state index in [1.165, 1.54) is 12.1 Å². The molecule has 0 radical (unpaired) electrons. The fraction of sp³-hybridized carbons (Fsp3) is 0.143. The Morgan fingerprint density at radius 1 is 1.24 bits per heavy atom. The van der Waals surface area contributed by atoms with E-state index in [1.807, 2.05) is 6.92 Å². The lowest BCUT2D eigenvalue weighted by atomic mass is 10.1. The summed E-state index contributed by atoms with van der Waals surface area (Å²) in [5.74, 6) is 0.750. The molecule has 21 heavy (non-hydrogen) atoms. The Hall–Kier alpha value is -1.76. The molecule has 0 amide bonds. The maximum absolute atomic E-state index is 11.4. The number of nitrogens with two attached hydrogens (primary N) is 2. The first-order valence-electron chi connectivity index (χ1n) is 6.20. The largest absolute Gasteiger partial charge is 0.455 e. The number of ether oxygens (including phenoxy) is 1. The Labute approximate surface area is 128 Å². The summed E-state index contributed by atoms with van der Waals surface area (Å²) in [6.45, 7) is 1.97. The van der Waals surface area contributed by atoms with Gasteiger partial charge in [0.05, 0.1) is 5.69 Å². The van der Waals surface area contributed by atoms with E-state index in [9.17, 15) is 8.42 Å². The smallest absolute Gasteiger partial charge is 0.240 e. The normalized spacial score (nSPS) is 11.4. The summed E-state index contributed by atoms with van der Waals surface area (Å²) in [6, 6.07) is 9.61. The van der Waals surface area contributed by atoms with Crippen LogP contribution in [0.3, 0.4) is 0 Å². The van der Waals surface area contributed by atoms with Crippen molar-refractivity contribution in [3.8, 4) is 11.5 Å². The topological polar surface area (TPSA) is 95.4 Å². The van der Waals surface area contributed by atoms with Crippen molar-refractivity contribution in [3.05, 3.63) is 47.0 Å². The third-order valence-corrected chi connectivity index (χ3v) is 4.30. The van der Waals surface area contributed by atoms with Gasteiger partial charge in [-0.1, -0.05) is 24.6 Å². The minimum atomic E-state index is -3.89. The number of sulfonamides is 1. The molecule has 0 bridgehead atoms. The minimum Gasteiger partial charge on any atom is -0.455 e. The fourth-order valence-electron chi connectivity index (χ4n) is 1.87. The summed E-state index contributed by atoms with van der Waals surface area (Å²) < 4.78 is 28.5. The zero-order valence-electron chi connectivity index (χ0n) is 11.3. The van der Waals surface area contributed by atoms with Crippen molar-refractivity contribution in [1.82, 2.24) is 0 Å². The van der Waals surface area contributed by atoms with E-state index in [0.717, 1.165) is 12.0 Å². The van der Waals surface area contributed by atoms with Gasteiger partial charge in [0.1, 0.15) is 10.6 Å². The molecule has 0 spiro atoms. The molecule has 5 nitrogen and oxygen atoms in total. The Kier molecular flexibility index (Phi) is 4.41. The number of benzene rings is 2. The van der Waals surface area contributed by atoms with Gasteiger partial charge in [0.2, 0.25) is 10.0 Å². The molecule has 0 aliphatic carbocycles. The van der Waals surface area contributed by atoms with Crippen LogP contribution in [0, 0.1) is 0 Å². The highest BCUT2D eigenvalue weighted by Gasteiger charge is 2.16. The standard InChI is InChI=1S/C14H15ClN2O3S/c1-2-9-8-10(6-7-11(9)15)20-12-4-3-5-13(14(12)16)21(17,18)19/h3-8H,2,16H2,1H3,(H2,17,18,19). The van der Waals surface area contributed by atoms with Crippen LogP contribution < -0.4 is 15.6 Å². The highest BCUT2D eigenvalue weighted by atomic mass is 35.5. The lowest BCUT2D eigenvalue weighted by Crippen LogP contribution is -2.14. The van der Waals surface area contributed by atoms with Crippen molar-refractivity contribution >= 4 is 27.3 Å². The monoisotopic (exact) mass is 326 g/mol. The van der Waals surface area contributed by atoms with Gasteiger partial charge < -0.3 is 10.5 Å². The van der Waals surface area contributed by atoms with Crippen molar-refractivity contribution in [2.24, 2.45) is 5.14 Å². The van der Waals surface area contributed by atoms with Crippen molar-refractivity contribution in [2.75, 3.05) is 5.73 Å². The number of halogens is 1. The molecule has 0 saturated carbocycles. The molecule has 7 heteroatoms. The zero-order valence-corrected chi connectivity index (χ0v) is 12.9. The first-order chi connectivity index (χ1) is 9.82. The van der Waals surface area contributed by atoms with E-state index in [4.69, 9.17) is 27.2 Å². The number of rotatable bonds is 4. The number of hydrogen-bond acceptors (Lipinski definition) is 4. The zero-order chi connectivity index (χ0) is 15.6. The maximum Gasteiger partial charge on any atom is 0.240 e. The lowest BCUT2D eigenvalue weighted by molar-refractivity contribution is 0.483. The van der Waals surface area contributed by atoms with Crippen molar-refractivity contribution in [2.45, 2.75) is 18.2 Å². The first-order valence-corrected chi connectivity index (χ1v) is 8.13. The van der Waals surface area contributed by atoms with Crippen molar-refractivity contribution < 1.29 is 13.2 Å². The van der Waals surface area contributed by atoms with Crippen LogP contribution in [-0.2, 0) is 16.4 Å². The van der Waals surface area contributed by atoms with E-state index >= 15 is 0 Å². The van der Waals surface area contributed by atoms with Crippen molar-refractivity contribution in [1.29, 1.82) is 0 Å². The van der Waals surface area contributed by atoms with Crippen LogP contribution in [0.1, 0.15) is 12.5 Å². The molecule has 2 rings (SSSR count). The Bertz CT molecular complexity index is 776. The third-order valence-electron chi connectivity index (χ3n) is 2.96. The molecule has 2 aromatic carbocycles. The van der Waals surface area contributed by atoms with Crippen LogP contribution in [0.4, 0.5) is 5.69 Å². The number of para-hydroxylation sites is 1. The quantitative estimate of drug-likeness (QED) is 0.844. The third kappa shape index (κ3) is 3.47. The van der Waals surface area contributed by atoms with Gasteiger partial charge in [-0.3, -0.25) is 0 Å². The molecule has 0 atom stereocenters. The maximum atomic E-state index is 11.4. The van der Waals surface area contributed by atoms with Gasteiger partial charge in [-0.05, 0) is 42.3 Å². The first kappa shape index (κ1) is 15.6. The summed E-state index contributed by atoms with van der Waals surface area (Å²) >= 11 is 6.04. The van der Waals surface area contributed by atoms with Crippen LogP contribution in [0.15, 0.2) is 41.3 Å². The molecule has 0 aliphatic rings. The summed E-state index contributed by atoms with van der Waals surface area (Å²) in [6.07, 6.45) is 0.753. The summed E-state index contributed by atoms with van der Waals surface area (Å²) in [5.41, 5.74) is 6.71. The molecule has 0 saturated heterocycles. The van der Waals surface area contributed by atoms with Gasteiger partial charge in [-0.15, -0.1) is 0 Å². The summed E-state index contributed by atoms with van der Waals surface area (Å²) in [7, 11) is -3.89. The highest BCUT2D eigenvalue weighted by molar-refractivity contribution is 7.89. The molecular formula is C14H15ClN2O3S. The fourth-order valence-corrected chi connectivity index (χ4v) is 2.80. The average molecular weight is 327 g/mol. The number of primary sulfonamides is 1. The molecule has 4 N–H and O–H groups in total. The van der Waals surface area contributed by atoms with Crippen LogP contribution in [-0.4, -0.2) is 8.42 Å². The number of aryl methyl sites for hydroxylation is 1. The van der Waals surface area contributed by atoms with Gasteiger partial charge in [-0.2, -0.15) is 0 Å². The molecule has 112 valence electrons. The van der Waals surface area contributed by atoms with Crippen molar-refractivity contribution in [3.63, 3.8) is 0 Å². The van der Waals surface area contributed by atoms with Gasteiger partial charge in [0.25, 0.3) is 0 Å². The Balaban J connectivity index is 2.41. The molecule has 0 aromatic heterocycles. The van der Waals surface area contributed by atoms with E-state index in [1.54, 1.807) is 24.3 Å². The van der Waals surface area contributed by atoms with E-state index < -0.39 is 10.0 Å². The van der Waals surface area contributed by atoms with Gasteiger partial charge >= 0.3 is 0 Å². The number of nitrogen functional groups attached to an aromatic ring is 1. The lowest BCUT2D eigenvalue weighted by Gasteiger charge is -2.12. The summed E-state index contributed by atoms with van der Waals surface area (Å²) in [4.78, 5) is -0.162. The molecule has 0 heterocycles. The Morgan fingerprint density at radius 3 is 2.57 bits per heavy atom. The molecular weight excluding hydrogens is 312 g/mol. The number of hydrogen-bond donors (Lipinski definition) is 2. The van der Waals surface area contributed by atoms with E-state index in [2.05, 4.69) is 0 Å². The second-order valence-electron chi connectivity index (χ2n) is 4.42. The van der Waals surface area contributed by atoms with Gasteiger partial charge in [0.15, 0.2) is 5.75 Å². The van der Waals surface area contributed by atoms with Crippen LogP contribution in [0.2, 0.25) is 5.02 Å². The van der Waals surface area contributed by atoms with Gasteiger partial charge in [-0.25, -0.2) is 13.6 Å². The van der Waals surface area contributed by atoms with Crippen LogP contribution in [0.5, 0.6) is 11.5 Å². The van der Waals surface area contributed by atoms with Gasteiger partial charge in [0, 0.05) is 5.02 Å². The van der Waals surface area contributed by atoms with Crippen LogP contribution in [0.25, 0.3) is 0 Å². The minimum absolute atomic E-state index is 0.0204. The predicted octanol–water partition coefficient (Wildman–Crippen LogP) is 2.92. The molecule has 2 aromatic rings. The summed E-state index contributed by atoms with van der Waals surface area (Å²) in [5, 5.41) is 5.75. The number of anilines is 1. The molecule has 0 unspecified atom stereocenters. The molecule has 0 fully saturated rings. The average Bonchev–Trinajstić information content (AvgIpc) is 2.42. The SMILES string of the molecule is CCc1cc(Oc2cccc(S(N)(=O)=O)c2N)ccc1Cl. The molecule has 0 aliphatic heterocycles. The van der Waals surface area contributed by atoms with E-state index in [-0.39, 0.29) is 16.3 Å².